The summed E-state index contributed by atoms with van der Waals surface area (Å²) in [5.74, 6) is 0.558. The number of carbonyl (C=O) groups is 1. The molecular weight excluding hydrogens is 266 g/mol. The van der Waals surface area contributed by atoms with Crippen molar-refractivity contribution in [3.05, 3.63) is 53.5 Å². The normalized spacial score (nSPS) is 18.9. The lowest BCUT2D eigenvalue weighted by Crippen LogP contribution is -2.28. The first-order chi connectivity index (χ1) is 10.2. The van der Waals surface area contributed by atoms with Crippen molar-refractivity contribution in [2.24, 2.45) is 0 Å². The second-order valence-corrected chi connectivity index (χ2v) is 5.28. The van der Waals surface area contributed by atoms with Crippen LogP contribution in [0, 0.1) is 0 Å². The van der Waals surface area contributed by atoms with Crippen molar-refractivity contribution in [2.75, 3.05) is 11.4 Å². The summed E-state index contributed by atoms with van der Waals surface area (Å²) in [6.07, 6.45) is 1.51. The molecule has 0 spiro atoms. The van der Waals surface area contributed by atoms with Crippen molar-refractivity contribution in [1.82, 2.24) is 0 Å². The Morgan fingerprint density at radius 2 is 2.14 bits per heavy atom. The first-order valence-corrected chi connectivity index (χ1v) is 7.34. The molecular formula is C17H19NO3. The molecule has 0 saturated carbocycles. The number of hydrogen-bond donors (Lipinski definition) is 1. The van der Waals surface area contributed by atoms with E-state index in [0.29, 0.717) is 12.3 Å². The molecule has 1 aliphatic heterocycles. The smallest absolute Gasteiger partial charge is 0.234 e. The number of hydrogen-bond acceptors (Lipinski definition) is 3. The van der Waals surface area contributed by atoms with Gasteiger partial charge in [0.2, 0.25) is 5.91 Å². The Morgan fingerprint density at radius 1 is 1.33 bits per heavy atom. The Hall–Kier alpha value is -2.07. The Bertz CT molecular complexity index is 648. The van der Waals surface area contributed by atoms with Gasteiger partial charge in [-0.3, -0.25) is 4.79 Å². The third-order valence-corrected chi connectivity index (χ3v) is 4.13. The largest absolute Gasteiger partial charge is 0.466 e. The number of aliphatic hydroxyl groups excluding tert-OH is 1. The van der Waals surface area contributed by atoms with Gasteiger partial charge in [-0.2, -0.15) is 0 Å². The Kier molecular flexibility index (Phi) is 3.55. The summed E-state index contributed by atoms with van der Waals surface area (Å²) in [5, 5.41) is 10.4. The van der Waals surface area contributed by atoms with Gasteiger partial charge in [-0.1, -0.05) is 13.0 Å². The van der Waals surface area contributed by atoms with Crippen LogP contribution in [0.2, 0.25) is 0 Å². The van der Waals surface area contributed by atoms with Gasteiger partial charge in [0.05, 0.1) is 12.2 Å². The predicted molar refractivity (Wildman–Crippen MR) is 80.3 cm³/mol. The molecule has 21 heavy (non-hydrogen) atoms. The zero-order valence-corrected chi connectivity index (χ0v) is 12.2. The van der Waals surface area contributed by atoms with Crippen molar-refractivity contribution >= 4 is 11.6 Å². The van der Waals surface area contributed by atoms with Gasteiger partial charge in [-0.15, -0.1) is 0 Å². The molecule has 0 radical (unpaired) electrons. The highest BCUT2D eigenvalue weighted by molar-refractivity contribution is 6.04. The number of carbonyl (C=O) groups excluding carboxylic acids is 1. The summed E-state index contributed by atoms with van der Waals surface area (Å²) in [7, 11) is 0. The minimum Gasteiger partial charge on any atom is -0.466 e. The van der Waals surface area contributed by atoms with Crippen molar-refractivity contribution < 1.29 is 14.3 Å². The van der Waals surface area contributed by atoms with Gasteiger partial charge in [0.1, 0.15) is 11.9 Å². The molecule has 1 aromatic heterocycles. The molecule has 1 aromatic carbocycles. The zero-order chi connectivity index (χ0) is 15.0. The van der Waals surface area contributed by atoms with Crippen LogP contribution in [0.4, 0.5) is 5.69 Å². The number of nitrogens with zero attached hydrogens (tertiary/aromatic N) is 1. The van der Waals surface area contributed by atoms with Gasteiger partial charge in [-0.05, 0) is 48.7 Å². The molecule has 1 aliphatic rings. The molecule has 4 nitrogen and oxygen atoms in total. The first kappa shape index (κ1) is 13.9. The molecule has 2 unspecified atom stereocenters. The summed E-state index contributed by atoms with van der Waals surface area (Å²) >= 11 is 0. The average Bonchev–Trinajstić information content (AvgIpc) is 3.11. The summed E-state index contributed by atoms with van der Waals surface area (Å²) in [6, 6.07) is 9.22. The average molecular weight is 285 g/mol. The summed E-state index contributed by atoms with van der Waals surface area (Å²) < 4.78 is 5.26. The van der Waals surface area contributed by atoms with E-state index in [0.717, 1.165) is 23.2 Å². The third kappa shape index (κ3) is 2.16. The van der Waals surface area contributed by atoms with Gasteiger partial charge < -0.3 is 14.4 Å². The SMILES string of the molecule is CCC1C(=O)N(CC)c2ccc(C(O)c3ccco3)cc21. The molecule has 2 aromatic rings. The van der Waals surface area contributed by atoms with E-state index in [1.54, 1.807) is 18.4 Å². The lowest BCUT2D eigenvalue weighted by Gasteiger charge is -2.15. The van der Waals surface area contributed by atoms with E-state index in [1.807, 2.05) is 36.9 Å². The molecule has 0 fully saturated rings. The molecule has 2 heterocycles. The molecule has 2 atom stereocenters. The van der Waals surface area contributed by atoms with Crippen LogP contribution in [0.5, 0.6) is 0 Å². The number of aliphatic hydroxyl groups is 1. The maximum Gasteiger partial charge on any atom is 0.234 e. The molecule has 1 N–H and O–H groups in total. The molecule has 0 bridgehead atoms. The fraction of sp³-hybridized carbons (Fsp3) is 0.353. The predicted octanol–water partition coefficient (Wildman–Crippen LogP) is 3.22. The van der Waals surface area contributed by atoms with E-state index >= 15 is 0 Å². The van der Waals surface area contributed by atoms with Crippen LogP contribution in [-0.2, 0) is 4.79 Å². The fourth-order valence-electron chi connectivity index (χ4n) is 3.04. The van der Waals surface area contributed by atoms with Crippen molar-refractivity contribution in [3.63, 3.8) is 0 Å². The van der Waals surface area contributed by atoms with Crippen LogP contribution in [0.3, 0.4) is 0 Å². The number of rotatable bonds is 4. The van der Waals surface area contributed by atoms with E-state index in [9.17, 15) is 9.90 Å². The van der Waals surface area contributed by atoms with Gasteiger partial charge in [0, 0.05) is 12.2 Å². The van der Waals surface area contributed by atoms with Gasteiger partial charge in [0.15, 0.2) is 0 Å². The number of anilines is 1. The lowest BCUT2D eigenvalue weighted by atomic mass is 9.94. The highest BCUT2D eigenvalue weighted by atomic mass is 16.4. The van der Waals surface area contributed by atoms with Crippen LogP contribution in [0.15, 0.2) is 41.0 Å². The second-order valence-electron chi connectivity index (χ2n) is 5.28. The Labute approximate surface area is 124 Å². The maximum atomic E-state index is 12.4. The quantitative estimate of drug-likeness (QED) is 0.938. The van der Waals surface area contributed by atoms with Crippen LogP contribution in [-0.4, -0.2) is 17.6 Å². The minimum atomic E-state index is -0.798. The second kappa shape index (κ2) is 5.37. The van der Waals surface area contributed by atoms with E-state index in [-0.39, 0.29) is 11.8 Å². The number of fused-ring (bicyclic) bond motifs is 1. The number of benzene rings is 1. The van der Waals surface area contributed by atoms with Crippen LogP contribution < -0.4 is 4.90 Å². The minimum absolute atomic E-state index is 0.108. The van der Waals surface area contributed by atoms with E-state index in [2.05, 4.69) is 0 Å². The molecule has 3 rings (SSSR count). The maximum absolute atomic E-state index is 12.4. The van der Waals surface area contributed by atoms with Crippen molar-refractivity contribution in [2.45, 2.75) is 32.3 Å². The van der Waals surface area contributed by atoms with Crippen LogP contribution in [0.25, 0.3) is 0 Å². The molecule has 110 valence electrons. The number of likely N-dealkylation sites (N-methyl/N-ethyl adjacent to an activating group) is 1. The zero-order valence-electron chi connectivity index (χ0n) is 12.2. The van der Waals surface area contributed by atoms with E-state index in [4.69, 9.17) is 4.42 Å². The van der Waals surface area contributed by atoms with Gasteiger partial charge in [-0.25, -0.2) is 0 Å². The third-order valence-electron chi connectivity index (χ3n) is 4.13. The van der Waals surface area contributed by atoms with Crippen molar-refractivity contribution in [3.8, 4) is 0 Å². The number of amides is 1. The highest BCUT2D eigenvalue weighted by Crippen LogP contribution is 2.40. The van der Waals surface area contributed by atoms with E-state index in [1.165, 1.54) is 0 Å². The van der Waals surface area contributed by atoms with Gasteiger partial charge in [0.25, 0.3) is 0 Å². The molecule has 1 amide bonds. The van der Waals surface area contributed by atoms with E-state index < -0.39 is 6.10 Å². The number of furan rings is 1. The summed E-state index contributed by atoms with van der Waals surface area (Å²) in [6.45, 7) is 4.66. The molecule has 0 aliphatic carbocycles. The summed E-state index contributed by atoms with van der Waals surface area (Å²) in [4.78, 5) is 14.2. The molecule has 4 heteroatoms. The Morgan fingerprint density at radius 3 is 2.76 bits per heavy atom. The molecule has 0 saturated heterocycles. The van der Waals surface area contributed by atoms with Gasteiger partial charge >= 0.3 is 0 Å². The Balaban J connectivity index is 2.02. The monoisotopic (exact) mass is 285 g/mol. The van der Waals surface area contributed by atoms with Crippen molar-refractivity contribution in [1.29, 1.82) is 0 Å². The van der Waals surface area contributed by atoms with Crippen LogP contribution >= 0.6 is 0 Å². The fourth-order valence-corrected chi connectivity index (χ4v) is 3.04. The lowest BCUT2D eigenvalue weighted by molar-refractivity contribution is -0.119. The topological polar surface area (TPSA) is 53.7 Å². The van der Waals surface area contributed by atoms with Crippen LogP contribution in [0.1, 0.15) is 49.2 Å². The summed E-state index contributed by atoms with van der Waals surface area (Å²) in [5.41, 5.74) is 2.73. The standard InChI is InChI=1S/C17H19NO3/c1-3-12-13-10-11(16(19)15-6-5-9-21-15)7-8-14(13)18(4-2)17(12)20/h5-10,12,16,19H,3-4H2,1-2H3. The first-order valence-electron chi connectivity index (χ1n) is 7.34. The highest BCUT2D eigenvalue weighted by Gasteiger charge is 2.35.